The average Bonchev–Trinajstić information content (AvgIpc) is 2.74. The van der Waals surface area contributed by atoms with Crippen LogP contribution >= 0.6 is 0 Å². The number of nitrogens with zero attached hydrogens (tertiary/aromatic N) is 2. The van der Waals surface area contributed by atoms with E-state index >= 15 is 0 Å². The maximum Gasteiger partial charge on any atom is 0.137 e. The molecule has 2 aromatic rings. The quantitative estimate of drug-likeness (QED) is 0.894. The molecule has 0 aliphatic heterocycles. The molecule has 0 amide bonds. The van der Waals surface area contributed by atoms with Crippen molar-refractivity contribution in [2.75, 3.05) is 0 Å². The van der Waals surface area contributed by atoms with Gasteiger partial charge in [-0.05, 0) is 44.2 Å². The van der Waals surface area contributed by atoms with Gasteiger partial charge in [-0.25, -0.2) is 4.98 Å². The van der Waals surface area contributed by atoms with Crippen molar-refractivity contribution in [3.05, 3.63) is 35.3 Å². The summed E-state index contributed by atoms with van der Waals surface area (Å²) in [7, 11) is 0. The predicted octanol–water partition coefficient (Wildman–Crippen LogP) is 3.53. The van der Waals surface area contributed by atoms with Crippen molar-refractivity contribution in [1.82, 2.24) is 9.38 Å². The van der Waals surface area contributed by atoms with E-state index in [0.29, 0.717) is 5.92 Å². The molecule has 2 aromatic heterocycles. The van der Waals surface area contributed by atoms with E-state index in [1.165, 1.54) is 43.4 Å². The van der Waals surface area contributed by atoms with Crippen molar-refractivity contribution in [2.45, 2.75) is 52.0 Å². The van der Waals surface area contributed by atoms with Crippen LogP contribution in [0.25, 0.3) is 5.65 Å². The van der Waals surface area contributed by atoms with Crippen LogP contribution in [0.1, 0.15) is 55.1 Å². The summed E-state index contributed by atoms with van der Waals surface area (Å²) in [6.07, 6.45) is 8.71. The fraction of sp³-hybridized carbons (Fsp3) is 0.562. The zero-order valence-electron chi connectivity index (χ0n) is 11.9. The second-order valence-electron chi connectivity index (χ2n) is 5.94. The number of aryl methyl sites for hydroxylation is 2. The Morgan fingerprint density at radius 1 is 1.21 bits per heavy atom. The highest BCUT2D eigenvalue weighted by Gasteiger charge is 2.26. The van der Waals surface area contributed by atoms with E-state index in [9.17, 15) is 0 Å². The normalized spacial score (nSPS) is 18.9. The molecule has 0 spiro atoms. The first-order valence-electron chi connectivity index (χ1n) is 7.37. The molecule has 2 N–H and O–H groups in total. The molecule has 0 radical (unpaired) electrons. The molecule has 3 rings (SSSR count). The third-order valence-corrected chi connectivity index (χ3v) is 4.46. The highest BCUT2D eigenvalue weighted by atomic mass is 15.0. The highest BCUT2D eigenvalue weighted by Crippen LogP contribution is 2.34. The Bertz CT molecular complexity index is 579. The van der Waals surface area contributed by atoms with E-state index in [1.54, 1.807) is 0 Å². The lowest BCUT2D eigenvalue weighted by Gasteiger charge is -2.27. The molecule has 0 saturated heterocycles. The summed E-state index contributed by atoms with van der Waals surface area (Å²) >= 11 is 0. The Balaban J connectivity index is 2.02. The van der Waals surface area contributed by atoms with Crippen LogP contribution < -0.4 is 5.73 Å². The largest absolute Gasteiger partial charge is 0.322 e. The Hall–Kier alpha value is -1.35. The molecule has 0 aromatic carbocycles. The van der Waals surface area contributed by atoms with Gasteiger partial charge < -0.3 is 10.1 Å². The summed E-state index contributed by atoms with van der Waals surface area (Å²) in [5.74, 6) is 0.618. The van der Waals surface area contributed by atoms with Gasteiger partial charge in [0.1, 0.15) is 5.65 Å². The lowest BCUT2D eigenvalue weighted by molar-refractivity contribution is 0.303. The Morgan fingerprint density at radius 3 is 2.68 bits per heavy atom. The maximum absolute atomic E-state index is 6.57. The molecule has 2 heterocycles. The smallest absolute Gasteiger partial charge is 0.137 e. The topological polar surface area (TPSA) is 43.3 Å². The molecule has 102 valence electrons. The van der Waals surface area contributed by atoms with Crippen LogP contribution in [0.4, 0.5) is 0 Å². The van der Waals surface area contributed by atoms with E-state index in [1.807, 2.05) is 0 Å². The minimum Gasteiger partial charge on any atom is -0.322 e. The summed E-state index contributed by atoms with van der Waals surface area (Å²) in [5, 5.41) is 0. The summed E-state index contributed by atoms with van der Waals surface area (Å²) < 4.78 is 2.20. The molecular formula is C16H23N3. The van der Waals surface area contributed by atoms with Crippen LogP contribution in [-0.4, -0.2) is 9.38 Å². The van der Waals surface area contributed by atoms with E-state index in [4.69, 9.17) is 5.73 Å². The standard InChI is InChI=1S/C16H23N3/c1-11-8-9-14-18-12(2)16(19(14)10-11)15(17)13-6-4-3-5-7-13/h8-10,13,15H,3-7,17H2,1-2H3. The zero-order valence-corrected chi connectivity index (χ0v) is 11.9. The Kier molecular flexibility index (Phi) is 3.31. The summed E-state index contributed by atoms with van der Waals surface area (Å²) in [5.41, 5.74) is 11.1. The molecule has 19 heavy (non-hydrogen) atoms. The van der Waals surface area contributed by atoms with E-state index < -0.39 is 0 Å². The Morgan fingerprint density at radius 2 is 1.95 bits per heavy atom. The second kappa shape index (κ2) is 4.97. The summed E-state index contributed by atoms with van der Waals surface area (Å²) in [6, 6.07) is 4.31. The maximum atomic E-state index is 6.57. The monoisotopic (exact) mass is 257 g/mol. The minimum atomic E-state index is 0.122. The third-order valence-electron chi connectivity index (χ3n) is 4.46. The summed E-state index contributed by atoms with van der Waals surface area (Å²) in [4.78, 5) is 4.65. The van der Waals surface area contributed by atoms with Gasteiger partial charge in [-0.15, -0.1) is 0 Å². The van der Waals surface area contributed by atoms with Gasteiger partial charge in [-0.2, -0.15) is 0 Å². The SMILES string of the molecule is Cc1ccc2nc(C)c(C(N)C3CCCCC3)n2c1. The number of rotatable bonds is 2. The van der Waals surface area contributed by atoms with Crippen LogP contribution in [0.3, 0.4) is 0 Å². The fourth-order valence-electron chi connectivity index (χ4n) is 3.40. The van der Waals surface area contributed by atoms with Crippen molar-refractivity contribution in [3.63, 3.8) is 0 Å². The van der Waals surface area contributed by atoms with Gasteiger partial charge >= 0.3 is 0 Å². The number of aromatic nitrogens is 2. The minimum absolute atomic E-state index is 0.122. The van der Waals surface area contributed by atoms with Crippen LogP contribution in [0.15, 0.2) is 18.3 Å². The second-order valence-corrected chi connectivity index (χ2v) is 5.94. The molecule has 1 fully saturated rings. The third kappa shape index (κ3) is 2.27. The van der Waals surface area contributed by atoms with Crippen molar-refractivity contribution in [1.29, 1.82) is 0 Å². The first-order valence-corrected chi connectivity index (χ1v) is 7.37. The molecule has 3 nitrogen and oxygen atoms in total. The molecular weight excluding hydrogens is 234 g/mol. The van der Waals surface area contributed by atoms with Gasteiger partial charge in [0.05, 0.1) is 17.4 Å². The first-order chi connectivity index (χ1) is 9.16. The molecule has 1 aliphatic rings. The van der Waals surface area contributed by atoms with E-state index in [0.717, 1.165) is 11.3 Å². The van der Waals surface area contributed by atoms with Crippen molar-refractivity contribution in [2.24, 2.45) is 11.7 Å². The van der Waals surface area contributed by atoms with E-state index in [2.05, 4.69) is 41.6 Å². The number of imidazole rings is 1. The average molecular weight is 257 g/mol. The van der Waals surface area contributed by atoms with Crippen LogP contribution in [0, 0.1) is 19.8 Å². The van der Waals surface area contributed by atoms with Gasteiger partial charge in [-0.3, -0.25) is 0 Å². The van der Waals surface area contributed by atoms with Crippen LogP contribution in [0.2, 0.25) is 0 Å². The zero-order chi connectivity index (χ0) is 13.4. The Labute approximate surface area is 114 Å². The van der Waals surface area contributed by atoms with Gasteiger partial charge in [0.2, 0.25) is 0 Å². The van der Waals surface area contributed by atoms with Crippen LogP contribution in [-0.2, 0) is 0 Å². The van der Waals surface area contributed by atoms with Crippen molar-refractivity contribution in [3.8, 4) is 0 Å². The number of fused-ring (bicyclic) bond motifs is 1. The molecule has 1 unspecified atom stereocenters. The lowest BCUT2D eigenvalue weighted by Crippen LogP contribution is -2.25. The predicted molar refractivity (Wildman–Crippen MR) is 78.2 cm³/mol. The van der Waals surface area contributed by atoms with Gasteiger partial charge in [0.15, 0.2) is 0 Å². The number of nitrogens with two attached hydrogens (primary N) is 1. The van der Waals surface area contributed by atoms with Crippen molar-refractivity contribution < 1.29 is 0 Å². The molecule has 0 bridgehead atoms. The highest BCUT2D eigenvalue weighted by molar-refractivity contribution is 5.45. The van der Waals surface area contributed by atoms with Gasteiger partial charge in [-0.1, -0.05) is 25.3 Å². The molecule has 1 saturated carbocycles. The molecule has 1 aliphatic carbocycles. The van der Waals surface area contributed by atoms with Crippen LogP contribution in [0.5, 0.6) is 0 Å². The van der Waals surface area contributed by atoms with Crippen molar-refractivity contribution >= 4 is 5.65 Å². The molecule has 3 heteroatoms. The van der Waals surface area contributed by atoms with Gasteiger partial charge in [0, 0.05) is 6.20 Å². The summed E-state index contributed by atoms with van der Waals surface area (Å²) in [6.45, 7) is 4.20. The number of hydrogen-bond donors (Lipinski definition) is 1. The van der Waals surface area contributed by atoms with E-state index in [-0.39, 0.29) is 6.04 Å². The lowest BCUT2D eigenvalue weighted by atomic mass is 9.82. The number of hydrogen-bond acceptors (Lipinski definition) is 2. The van der Waals surface area contributed by atoms with Gasteiger partial charge in [0.25, 0.3) is 0 Å². The fourth-order valence-corrected chi connectivity index (χ4v) is 3.40. The first kappa shape index (κ1) is 12.7. The molecule has 1 atom stereocenters. The number of pyridine rings is 1.